The number of hydrogen-bond donors (Lipinski definition) is 0. The molecule has 36 heavy (non-hydrogen) atoms. The maximum Gasteiger partial charge on any atom is 0.257 e. The Balaban J connectivity index is 1.46. The topological polar surface area (TPSA) is 41.4 Å². The molecule has 2 heterocycles. The molecule has 1 saturated carbocycles. The molecule has 0 spiro atoms. The molecule has 1 amide bonds. The van der Waals surface area contributed by atoms with Crippen molar-refractivity contribution in [3.63, 3.8) is 0 Å². The van der Waals surface area contributed by atoms with Gasteiger partial charge in [0, 0.05) is 50.5 Å². The summed E-state index contributed by atoms with van der Waals surface area (Å²) in [4.78, 5) is 18.6. The van der Waals surface area contributed by atoms with Crippen molar-refractivity contribution in [2.24, 2.45) is 0 Å². The zero-order chi connectivity index (χ0) is 24.7. The fourth-order valence-electron chi connectivity index (χ4n) is 5.40. The molecule has 2 aromatic carbocycles. The molecule has 3 aromatic rings. The van der Waals surface area contributed by atoms with Crippen LogP contribution in [0.2, 0.25) is 0 Å². The number of hydrogen-bond acceptors (Lipinski definition) is 3. The number of para-hydroxylation sites is 1. The largest absolute Gasteiger partial charge is 0.367 e. The Morgan fingerprint density at radius 1 is 0.889 bits per heavy atom. The second kappa shape index (κ2) is 11.8. The van der Waals surface area contributed by atoms with Gasteiger partial charge in [-0.05, 0) is 49.8 Å². The van der Waals surface area contributed by atoms with Crippen LogP contribution in [0.4, 0.5) is 5.69 Å². The monoisotopic (exact) mass is 484 g/mol. The molecular formula is C31H40N4O. The van der Waals surface area contributed by atoms with Gasteiger partial charge in [0.1, 0.15) is 0 Å². The van der Waals surface area contributed by atoms with Crippen LogP contribution in [0.15, 0.2) is 60.8 Å². The normalized spacial score (nSPS) is 17.6. The quantitative estimate of drug-likeness (QED) is 0.401. The van der Waals surface area contributed by atoms with Crippen molar-refractivity contribution in [1.29, 1.82) is 0 Å². The summed E-state index contributed by atoms with van der Waals surface area (Å²) in [7, 11) is 0. The average molecular weight is 485 g/mol. The molecule has 1 aromatic heterocycles. The molecule has 0 saturated heterocycles. The van der Waals surface area contributed by atoms with E-state index < -0.39 is 0 Å². The highest BCUT2D eigenvalue weighted by Crippen LogP contribution is 2.41. The van der Waals surface area contributed by atoms with E-state index in [2.05, 4.69) is 71.3 Å². The highest BCUT2D eigenvalue weighted by molar-refractivity contribution is 5.95. The molecule has 0 atom stereocenters. The molecule has 1 aliphatic heterocycles. The number of nitrogens with zero attached hydrogens (tertiary/aromatic N) is 4. The average Bonchev–Trinajstić information content (AvgIpc) is 3.66. The summed E-state index contributed by atoms with van der Waals surface area (Å²) in [6, 6.07) is 19.5. The Hall–Kier alpha value is -3.08. The smallest absolute Gasteiger partial charge is 0.257 e. The van der Waals surface area contributed by atoms with Crippen molar-refractivity contribution in [3.05, 3.63) is 83.2 Å². The first kappa shape index (κ1) is 24.6. The predicted octanol–water partition coefficient (Wildman–Crippen LogP) is 6.78. The van der Waals surface area contributed by atoms with Gasteiger partial charge in [0.2, 0.25) is 0 Å². The number of amides is 1. The summed E-state index contributed by atoms with van der Waals surface area (Å²) >= 11 is 0. The van der Waals surface area contributed by atoms with E-state index in [0.717, 1.165) is 56.7 Å². The zero-order valence-corrected chi connectivity index (χ0v) is 21.7. The SMILES string of the molecule is CCn1cc(C(=O)N2CCCCCCCCN(Cc3ccccc3)c3ccccc3C2)c(C2CC2)n1. The molecule has 0 bridgehead atoms. The summed E-state index contributed by atoms with van der Waals surface area (Å²) in [6.45, 7) is 6.25. The van der Waals surface area contributed by atoms with Crippen LogP contribution in [0.25, 0.3) is 0 Å². The van der Waals surface area contributed by atoms with Crippen molar-refractivity contribution in [2.45, 2.75) is 83.8 Å². The molecule has 2 aliphatic rings. The summed E-state index contributed by atoms with van der Waals surface area (Å²) in [5, 5.41) is 4.79. The van der Waals surface area contributed by atoms with Crippen LogP contribution >= 0.6 is 0 Å². The molecule has 190 valence electrons. The number of aryl methyl sites for hydroxylation is 1. The molecule has 5 nitrogen and oxygen atoms in total. The van der Waals surface area contributed by atoms with E-state index in [9.17, 15) is 4.79 Å². The number of aromatic nitrogens is 2. The van der Waals surface area contributed by atoms with E-state index in [1.807, 2.05) is 10.9 Å². The van der Waals surface area contributed by atoms with Gasteiger partial charge in [-0.3, -0.25) is 9.48 Å². The zero-order valence-electron chi connectivity index (χ0n) is 21.7. The lowest BCUT2D eigenvalue weighted by Crippen LogP contribution is -2.33. The summed E-state index contributed by atoms with van der Waals surface area (Å²) in [5.74, 6) is 0.609. The highest BCUT2D eigenvalue weighted by atomic mass is 16.2. The lowest BCUT2D eigenvalue weighted by Gasteiger charge is -2.30. The molecule has 5 heteroatoms. The van der Waals surface area contributed by atoms with Gasteiger partial charge in [-0.25, -0.2) is 0 Å². The molecule has 1 fully saturated rings. The van der Waals surface area contributed by atoms with Crippen LogP contribution in [0, 0.1) is 0 Å². The van der Waals surface area contributed by atoms with E-state index in [1.54, 1.807) is 0 Å². The summed E-state index contributed by atoms with van der Waals surface area (Å²) in [6.07, 6.45) is 11.5. The van der Waals surface area contributed by atoms with Gasteiger partial charge in [0.05, 0.1) is 11.3 Å². The Morgan fingerprint density at radius 3 is 2.33 bits per heavy atom. The van der Waals surface area contributed by atoms with Crippen LogP contribution in [0.5, 0.6) is 0 Å². The predicted molar refractivity (Wildman–Crippen MR) is 146 cm³/mol. The maximum atomic E-state index is 14.0. The van der Waals surface area contributed by atoms with E-state index in [0.29, 0.717) is 12.5 Å². The Kier molecular flexibility index (Phi) is 8.04. The fraction of sp³-hybridized carbons (Fsp3) is 0.484. The van der Waals surface area contributed by atoms with Crippen molar-refractivity contribution in [1.82, 2.24) is 14.7 Å². The molecular weight excluding hydrogens is 444 g/mol. The standard InChI is InChI=1S/C31H40N4O/c1-2-35-24-28(30(32-35)26-18-19-26)31(36)34-21-13-6-4-3-5-12-20-33(22-25-14-8-7-9-15-25)29-17-11-10-16-27(29)23-34/h7-11,14-17,24,26H,2-6,12-13,18-23H2,1H3. The highest BCUT2D eigenvalue weighted by Gasteiger charge is 2.33. The van der Waals surface area contributed by atoms with Crippen molar-refractivity contribution in [3.8, 4) is 0 Å². The van der Waals surface area contributed by atoms with Gasteiger partial charge in [-0.1, -0.05) is 74.2 Å². The Morgan fingerprint density at radius 2 is 1.58 bits per heavy atom. The Bertz CT molecular complexity index is 1130. The minimum Gasteiger partial charge on any atom is -0.367 e. The lowest BCUT2D eigenvalue weighted by atomic mass is 10.1. The number of carbonyl (C=O) groups is 1. The minimum atomic E-state index is 0.149. The third kappa shape index (κ3) is 6.00. The van der Waals surface area contributed by atoms with E-state index in [-0.39, 0.29) is 5.91 Å². The number of benzene rings is 2. The van der Waals surface area contributed by atoms with E-state index in [1.165, 1.54) is 48.9 Å². The minimum absolute atomic E-state index is 0.149. The fourth-order valence-corrected chi connectivity index (χ4v) is 5.40. The van der Waals surface area contributed by atoms with Crippen LogP contribution < -0.4 is 4.90 Å². The van der Waals surface area contributed by atoms with Gasteiger partial charge in [-0.15, -0.1) is 0 Å². The maximum absolute atomic E-state index is 14.0. The molecule has 1 aliphatic carbocycles. The molecule has 0 unspecified atom stereocenters. The van der Waals surface area contributed by atoms with Crippen LogP contribution in [-0.2, 0) is 19.6 Å². The third-order valence-electron chi connectivity index (χ3n) is 7.61. The van der Waals surface area contributed by atoms with Crippen LogP contribution in [0.3, 0.4) is 0 Å². The number of anilines is 1. The number of rotatable bonds is 5. The number of fused-ring (bicyclic) bond motifs is 1. The molecule has 5 rings (SSSR count). The number of carbonyl (C=O) groups excluding carboxylic acids is 1. The molecule has 0 radical (unpaired) electrons. The van der Waals surface area contributed by atoms with Crippen LogP contribution in [0.1, 0.15) is 91.4 Å². The summed E-state index contributed by atoms with van der Waals surface area (Å²) < 4.78 is 1.94. The van der Waals surface area contributed by atoms with Gasteiger partial charge < -0.3 is 9.80 Å². The van der Waals surface area contributed by atoms with Crippen molar-refractivity contribution in [2.75, 3.05) is 18.0 Å². The summed E-state index contributed by atoms with van der Waals surface area (Å²) in [5.41, 5.74) is 5.65. The second-order valence-corrected chi connectivity index (χ2v) is 10.4. The van der Waals surface area contributed by atoms with Gasteiger partial charge in [0.25, 0.3) is 5.91 Å². The van der Waals surface area contributed by atoms with Crippen molar-refractivity contribution >= 4 is 11.6 Å². The van der Waals surface area contributed by atoms with Gasteiger partial charge in [-0.2, -0.15) is 5.10 Å². The van der Waals surface area contributed by atoms with Crippen LogP contribution in [-0.4, -0.2) is 33.7 Å². The van der Waals surface area contributed by atoms with E-state index in [4.69, 9.17) is 5.10 Å². The second-order valence-electron chi connectivity index (χ2n) is 10.4. The van der Waals surface area contributed by atoms with Gasteiger partial charge >= 0.3 is 0 Å². The molecule has 0 N–H and O–H groups in total. The van der Waals surface area contributed by atoms with Gasteiger partial charge in [0.15, 0.2) is 0 Å². The van der Waals surface area contributed by atoms with E-state index >= 15 is 0 Å². The lowest BCUT2D eigenvalue weighted by molar-refractivity contribution is 0.0739. The first-order valence-corrected chi connectivity index (χ1v) is 14.0. The van der Waals surface area contributed by atoms with Crippen molar-refractivity contribution < 1.29 is 4.79 Å². The first-order valence-electron chi connectivity index (χ1n) is 14.0. The first-order chi connectivity index (χ1) is 17.7. The third-order valence-corrected chi connectivity index (χ3v) is 7.61. The Labute approximate surface area is 216 Å².